The molecule has 0 amide bonds. The highest BCUT2D eigenvalue weighted by atomic mass is 19.1. The Balaban J connectivity index is 2.06. The second kappa shape index (κ2) is 6.36. The molecule has 0 spiro atoms. The highest BCUT2D eigenvalue weighted by Crippen LogP contribution is 2.33. The van der Waals surface area contributed by atoms with Crippen molar-refractivity contribution in [1.82, 2.24) is 9.97 Å². The lowest BCUT2D eigenvalue weighted by Crippen LogP contribution is -2.38. The number of esters is 1. The van der Waals surface area contributed by atoms with Crippen molar-refractivity contribution in [3.05, 3.63) is 24.3 Å². The number of anilines is 1. The van der Waals surface area contributed by atoms with E-state index in [0.29, 0.717) is 36.3 Å². The van der Waals surface area contributed by atoms with Crippen molar-refractivity contribution in [2.75, 3.05) is 25.2 Å². The van der Waals surface area contributed by atoms with Gasteiger partial charge >= 0.3 is 5.97 Å². The number of ether oxygens (including phenoxy) is 2. The fourth-order valence-corrected chi connectivity index (χ4v) is 2.93. The van der Waals surface area contributed by atoms with Crippen molar-refractivity contribution in [2.24, 2.45) is 0 Å². The molecule has 0 bridgehead atoms. The van der Waals surface area contributed by atoms with Crippen molar-refractivity contribution < 1.29 is 18.7 Å². The van der Waals surface area contributed by atoms with E-state index in [0.717, 1.165) is 6.42 Å². The van der Waals surface area contributed by atoms with Crippen LogP contribution in [0.3, 0.4) is 0 Å². The van der Waals surface area contributed by atoms with E-state index in [1.165, 1.54) is 19.5 Å². The van der Waals surface area contributed by atoms with Gasteiger partial charge in [0.1, 0.15) is 18.2 Å². The van der Waals surface area contributed by atoms with Gasteiger partial charge in [-0.15, -0.1) is 0 Å². The lowest BCUT2D eigenvalue weighted by Gasteiger charge is -2.25. The predicted octanol–water partition coefficient (Wildman–Crippen LogP) is 2.31. The standard InChI is InChI=1S/C16H18FN3O3/c1-3-23-16(21)13-5-4-6-20(13)15-10-7-14(22-2)11(17)8-12(10)18-9-19-15/h7-9,13H,3-6H2,1-2H3. The molecule has 2 heterocycles. The van der Waals surface area contributed by atoms with Crippen LogP contribution in [0.2, 0.25) is 0 Å². The number of fused-ring (bicyclic) bond motifs is 1. The van der Waals surface area contributed by atoms with Gasteiger partial charge in [0.15, 0.2) is 11.6 Å². The van der Waals surface area contributed by atoms with Crippen molar-refractivity contribution in [1.29, 1.82) is 0 Å². The quantitative estimate of drug-likeness (QED) is 0.806. The summed E-state index contributed by atoms with van der Waals surface area (Å²) in [6, 6.07) is 2.51. The smallest absolute Gasteiger partial charge is 0.328 e. The highest BCUT2D eigenvalue weighted by Gasteiger charge is 2.33. The number of methoxy groups -OCH3 is 1. The molecule has 0 N–H and O–H groups in total. The van der Waals surface area contributed by atoms with Gasteiger partial charge in [0.25, 0.3) is 0 Å². The predicted molar refractivity (Wildman–Crippen MR) is 83.0 cm³/mol. The van der Waals surface area contributed by atoms with Crippen molar-refractivity contribution >= 4 is 22.7 Å². The van der Waals surface area contributed by atoms with E-state index < -0.39 is 5.82 Å². The second-order valence-corrected chi connectivity index (χ2v) is 5.30. The van der Waals surface area contributed by atoms with Crippen LogP contribution in [0, 0.1) is 5.82 Å². The number of hydrogen-bond acceptors (Lipinski definition) is 6. The molecule has 7 heteroatoms. The molecule has 6 nitrogen and oxygen atoms in total. The van der Waals surface area contributed by atoms with Gasteiger partial charge < -0.3 is 14.4 Å². The fourth-order valence-electron chi connectivity index (χ4n) is 2.93. The zero-order chi connectivity index (χ0) is 16.4. The molecular weight excluding hydrogens is 301 g/mol. The number of carbonyl (C=O) groups excluding carboxylic acids is 1. The largest absolute Gasteiger partial charge is 0.494 e. The number of benzene rings is 1. The normalized spacial score (nSPS) is 17.5. The summed E-state index contributed by atoms with van der Waals surface area (Å²) in [5.74, 6) is -0.0110. The molecule has 0 aliphatic carbocycles. The summed E-state index contributed by atoms with van der Waals surface area (Å²) in [6.07, 6.45) is 2.96. The molecule has 1 aliphatic rings. The minimum absolute atomic E-state index is 0.125. The molecule has 3 rings (SSSR count). The van der Waals surface area contributed by atoms with E-state index in [2.05, 4.69) is 9.97 Å². The summed E-state index contributed by atoms with van der Waals surface area (Å²) in [5.41, 5.74) is 0.475. The Morgan fingerprint density at radius 3 is 3.00 bits per heavy atom. The summed E-state index contributed by atoms with van der Waals surface area (Å²) in [5, 5.41) is 0.655. The monoisotopic (exact) mass is 319 g/mol. The molecule has 1 aromatic carbocycles. The number of nitrogens with zero attached hydrogens (tertiary/aromatic N) is 3. The maximum absolute atomic E-state index is 13.9. The third-order valence-corrected chi connectivity index (χ3v) is 3.97. The summed E-state index contributed by atoms with van der Waals surface area (Å²) < 4.78 is 24.0. The molecule has 2 aromatic rings. The van der Waals surface area contributed by atoms with Gasteiger partial charge in [-0.1, -0.05) is 0 Å². The number of halogens is 1. The molecule has 1 atom stereocenters. The first-order chi connectivity index (χ1) is 11.2. The number of aromatic nitrogens is 2. The van der Waals surface area contributed by atoms with E-state index in [-0.39, 0.29) is 17.8 Å². The van der Waals surface area contributed by atoms with Crippen molar-refractivity contribution in [2.45, 2.75) is 25.8 Å². The third kappa shape index (κ3) is 2.78. The van der Waals surface area contributed by atoms with Gasteiger partial charge in [-0.2, -0.15) is 0 Å². The van der Waals surface area contributed by atoms with Crippen LogP contribution in [0.25, 0.3) is 10.9 Å². The maximum Gasteiger partial charge on any atom is 0.328 e. The number of rotatable bonds is 4. The molecule has 23 heavy (non-hydrogen) atoms. The Morgan fingerprint density at radius 2 is 2.26 bits per heavy atom. The van der Waals surface area contributed by atoms with E-state index in [4.69, 9.17) is 9.47 Å². The summed E-state index contributed by atoms with van der Waals surface area (Å²) in [6.45, 7) is 2.81. The highest BCUT2D eigenvalue weighted by molar-refractivity contribution is 5.93. The Morgan fingerprint density at radius 1 is 1.43 bits per heavy atom. The van der Waals surface area contributed by atoms with Gasteiger partial charge in [-0.05, 0) is 25.8 Å². The summed E-state index contributed by atoms with van der Waals surface area (Å²) in [4.78, 5) is 22.5. The van der Waals surface area contributed by atoms with Crippen LogP contribution in [0.4, 0.5) is 10.2 Å². The lowest BCUT2D eigenvalue weighted by atomic mass is 10.2. The summed E-state index contributed by atoms with van der Waals surface area (Å²) in [7, 11) is 1.41. The SMILES string of the molecule is CCOC(=O)C1CCCN1c1ncnc2cc(F)c(OC)cc12. The Kier molecular flexibility index (Phi) is 4.27. The van der Waals surface area contributed by atoms with Gasteiger partial charge in [-0.25, -0.2) is 19.2 Å². The molecule has 1 aromatic heterocycles. The lowest BCUT2D eigenvalue weighted by molar-refractivity contribution is -0.144. The van der Waals surface area contributed by atoms with Crippen LogP contribution < -0.4 is 9.64 Å². The second-order valence-electron chi connectivity index (χ2n) is 5.30. The van der Waals surface area contributed by atoms with Crippen LogP contribution in [-0.2, 0) is 9.53 Å². The molecule has 1 fully saturated rings. The Bertz CT molecular complexity index is 738. The van der Waals surface area contributed by atoms with E-state index in [9.17, 15) is 9.18 Å². The van der Waals surface area contributed by atoms with E-state index >= 15 is 0 Å². The average Bonchev–Trinajstić information content (AvgIpc) is 3.03. The molecule has 0 saturated carbocycles. The molecule has 1 unspecified atom stereocenters. The van der Waals surface area contributed by atoms with Gasteiger partial charge in [0, 0.05) is 18.0 Å². The van der Waals surface area contributed by atoms with Crippen molar-refractivity contribution in [3.63, 3.8) is 0 Å². The minimum atomic E-state index is -0.479. The fraction of sp³-hybridized carbons (Fsp3) is 0.438. The van der Waals surface area contributed by atoms with E-state index in [1.54, 1.807) is 13.0 Å². The van der Waals surface area contributed by atoms with Gasteiger partial charge in [0.05, 0.1) is 19.2 Å². The zero-order valence-electron chi connectivity index (χ0n) is 13.1. The van der Waals surface area contributed by atoms with Crippen LogP contribution in [0.15, 0.2) is 18.5 Å². The van der Waals surface area contributed by atoms with E-state index in [1.807, 2.05) is 4.90 Å². The Labute approximate surface area is 133 Å². The maximum atomic E-state index is 13.9. The van der Waals surface area contributed by atoms with Gasteiger partial charge in [0.2, 0.25) is 0 Å². The number of carbonyl (C=O) groups is 1. The molecule has 0 radical (unpaired) electrons. The first kappa shape index (κ1) is 15.5. The molecule has 1 saturated heterocycles. The van der Waals surface area contributed by atoms with Gasteiger partial charge in [-0.3, -0.25) is 0 Å². The van der Waals surface area contributed by atoms with Crippen LogP contribution in [0.1, 0.15) is 19.8 Å². The topological polar surface area (TPSA) is 64.5 Å². The first-order valence-corrected chi connectivity index (χ1v) is 7.57. The number of hydrogen-bond donors (Lipinski definition) is 0. The minimum Gasteiger partial charge on any atom is -0.494 e. The molecular formula is C16H18FN3O3. The third-order valence-electron chi connectivity index (χ3n) is 3.97. The first-order valence-electron chi connectivity index (χ1n) is 7.57. The van der Waals surface area contributed by atoms with Crippen LogP contribution in [0.5, 0.6) is 5.75 Å². The molecule has 1 aliphatic heterocycles. The average molecular weight is 319 g/mol. The summed E-state index contributed by atoms with van der Waals surface area (Å²) >= 11 is 0. The zero-order valence-corrected chi connectivity index (χ0v) is 13.1. The van der Waals surface area contributed by atoms with Crippen LogP contribution >= 0.6 is 0 Å². The van der Waals surface area contributed by atoms with Crippen molar-refractivity contribution in [3.8, 4) is 5.75 Å². The van der Waals surface area contributed by atoms with Crippen LogP contribution in [-0.4, -0.2) is 42.2 Å². The molecule has 122 valence electrons. The Hall–Kier alpha value is -2.44.